The fourth-order valence-corrected chi connectivity index (χ4v) is 3.49. The minimum absolute atomic E-state index is 0.681. The molecular formula is C21H36N4O. The Balaban J connectivity index is 1.83. The first kappa shape index (κ1) is 20.6. The van der Waals surface area contributed by atoms with E-state index >= 15 is 0 Å². The number of ether oxygens (including phenoxy) is 1. The summed E-state index contributed by atoms with van der Waals surface area (Å²) in [5.41, 5.74) is 2.45. The maximum Gasteiger partial charge on any atom is 0.191 e. The highest BCUT2D eigenvalue weighted by Gasteiger charge is 2.18. The minimum Gasteiger partial charge on any atom is -0.496 e. The van der Waals surface area contributed by atoms with Crippen molar-refractivity contribution in [3.05, 3.63) is 29.3 Å². The molecule has 5 nitrogen and oxygen atoms in total. The number of likely N-dealkylation sites (tertiary alicyclic amines) is 1. The van der Waals surface area contributed by atoms with Crippen molar-refractivity contribution < 1.29 is 4.74 Å². The number of piperidine rings is 1. The van der Waals surface area contributed by atoms with Crippen LogP contribution in [0, 0.1) is 12.8 Å². The second kappa shape index (κ2) is 11.1. The zero-order valence-corrected chi connectivity index (χ0v) is 17.0. The van der Waals surface area contributed by atoms with Gasteiger partial charge in [-0.2, -0.15) is 0 Å². The van der Waals surface area contributed by atoms with Crippen LogP contribution in [-0.4, -0.2) is 57.2 Å². The summed E-state index contributed by atoms with van der Waals surface area (Å²) < 4.78 is 5.41. The van der Waals surface area contributed by atoms with Gasteiger partial charge in [0.05, 0.1) is 7.11 Å². The molecule has 1 fully saturated rings. The first-order valence-corrected chi connectivity index (χ1v) is 10.0. The molecule has 26 heavy (non-hydrogen) atoms. The van der Waals surface area contributed by atoms with Gasteiger partial charge in [0, 0.05) is 26.2 Å². The van der Waals surface area contributed by atoms with Crippen molar-refractivity contribution >= 4 is 5.96 Å². The van der Waals surface area contributed by atoms with E-state index in [0.29, 0.717) is 5.92 Å². The Morgan fingerprint density at radius 3 is 2.88 bits per heavy atom. The van der Waals surface area contributed by atoms with E-state index in [9.17, 15) is 0 Å². The Bertz CT molecular complexity index is 573. The maximum absolute atomic E-state index is 5.41. The molecule has 5 heteroatoms. The predicted molar refractivity (Wildman–Crippen MR) is 110 cm³/mol. The summed E-state index contributed by atoms with van der Waals surface area (Å²) in [6.45, 7) is 12.7. The van der Waals surface area contributed by atoms with E-state index in [2.05, 4.69) is 54.5 Å². The van der Waals surface area contributed by atoms with Crippen molar-refractivity contribution in [2.45, 2.75) is 40.0 Å². The smallest absolute Gasteiger partial charge is 0.191 e. The topological polar surface area (TPSA) is 48.9 Å². The number of hydrogen-bond acceptors (Lipinski definition) is 3. The Labute approximate surface area is 159 Å². The average molecular weight is 361 g/mol. The Morgan fingerprint density at radius 2 is 2.15 bits per heavy atom. The molecule has 1 unspecified atom stereocenters. The van der Waals surface area contributed by atoms with Crippen molar-refractivity contribution in [1.29, 1.82) is 0 Å². The van der Waals surface area contributed by atoms with Gasteiger partial charge in [0.25, 0.3) is 0 Å². The van der Waals surface area contributed by atoms with Gasteiger partial charge < -0.3 is 20.3 Å². The molecule has 1 aromatic carbocycles. The molecule has 0 aromatic heterocycles. The number of aryl methyl sites for hydroxylation is 1. The van der Waals surface area contributed by atoms with Crippen molar-refractivity contribution in [2.75, 3.05) is 46.4 Å². The van der Waals surface area contributed by atoms with Crippen LogP contribution < -0.4 is 15.4 Å². The number of benzene rings is 1. The number of aliphatic imine (C=N–C) groups is 1. The highest BCUT2D eigenvalue weighted by atomic mass is 16.5. The molecule has 0 amide bonds. The number of nitrogens with zero attached hydrogens (tertiary/aromatic N) is 2. The summed E-state index contributed by atoms with van der Waals surface area (Å²) in [5, 5.41) is 6.84. The molecule has 1 aromatic rings. The van der Waals surface area contributed by atoms with E-state index in [1.807, 2.05) is 0 Å². The summed E-state index contributed by atoms with van der Waals surface area (Å²) in [7, 11) is 1.73. The van der Waals surface area contributed by atoms with Crippen molar-refractivity contribution in [1.82, 2.24) is 15.5 Å². The van der Waals surface area contributed by atoms with Crippen molar-refractivity contribution in [3.8, 4) is 5.75 Å². The van der Waals surface area contributed by atoms with Gasteiger partial charge >= 0.3 is 0 Å². The lowest BCUT2D eigenvalue weighted by atomic mass is 9.98. The second-order valence-corrected chi connectivity index (χ2v) is 7.10. The predicted octanol–water partition coefficient (Wildman–Crippen LogP) is 2.83. The van der Waals surface area contributed by atoms with Gasteiger partial charge in [0.15, 0.2) is 5.96 Å². The largest absolute Gasteiger partial charge is 0.496 e. The molecule has 1 aliphatic rings. The van der Waals surface area contributed by atoms with E-state index in [1.165, 1.54) is 37.1 Å². The number of methoxy groups -OCH3 is 1. The third-order valence-electron chi connectivity index (χ3n) is 5.08. The molecule has 0 aliphatic carbocycles. The highest BCUT2D eigenvalue weighted by molar-refractivity contribution is 5.79. The van der Waals surface area contributed by atoms with E-state index in [1.54, 1.807) is 7.11 Å². The number of rotatable bonds is 8. The molecule has 0 bridgehead atoms. The van der Waals surface area contributed by atoms with Crippen molar-refractivity contribution in [2.24, 2.45) is 10.9 Å². The van der Waals surface area contributed by atoms with Gasteiger partial charge in [-0.1, -0.05) is 19.1 Å². The molecule has 0 saturated carbocycles. The van der Waals surface area contributed by atoms with Crippen LogP contribution in [0.1, 0.15) is 37.8 Å². The third-order valence-corrected chi connectivity index (χ3v) is 5.08. The second-order valence-electron chi connectivity index (χ2n) is 7.10. The molecule has 1 heterocycles. The number of nitrogens with one attached hydrogen (secondary N) is 2. The van der Waals surface area contributed by atoms with Crippen LogP contribution >= 0.6 is 0 Å². The van der Waals surface area contributed by atoms with Crippen LogP contribution in [-0.2, 0) is 6.42 Å². The first-order chi connectivity index (χ1) is 12.7. The Kier molecular flexibility index (Phi) is 8.75. The SMILES string of the molecule is CCNC(=NCC1CCCN(CC)C1)NCCc1ccc(C)c(OC)c1. The average Bonchev–Trinajstić information content (AvgIpc) is 2.67. The summed E-state index contributed by atoms with van der Waals surface area (Å²) in [6.07, 6.45) is 3.55. The Hall–Kier alpha value is -1.75. The maximum atomic E-state index is 5.41. The summed E-state index contributed by atoms with van der Waals surface area (Å²) in [5.74, 6) is 2.57. The van der Waals surface area contributed by atoms with Crippen LogP contribution in [0.3, 0.4) is 0 Å². The van der Waals surface area contributed by atoms with E-state index < -0.39 is 0 Å². The van der Waals surface area contributed by atoms with Gasteiger partial charge in [0.1, 0.15) is 5.75 Å². The normalized spacial score (nSPS) is 18.6. The number of hydrogen-bond donors (Lipinski definition) is 2. The lowest BCUT2D eigenvalue weighted by Crippen LogP contribution is -2.40. The molecule has 2 N–H and O–H groups in total. The summed E-state index contributed by atoms with van der Waals surface area (Å²) >= 11 is 0. The quantitative estimate of drug-likeness (QED) is 0.553. The van der Waals surface area contributed by atoms with Crippen molar-refractivity contribution in [3.63, 3.8) is 0 Å². The molecular weight excluding hydrogens is 324 g/mol. The van der Waals surface area contributed by atoms with Gasteiger partial charge in [-0.3, -0.25) is 4.99 Å². The molecule has 1 atom stereocenters. The summed E-state index contributed by atoms with van der Waals surface area (Å²) in [6, 6.07) is 6.42. The third kappa shape index (κ3) is 6.52. The zero-order chi connectivity index (χ0) is 18.8. The van der Waals surface area contributed by atoms with Gasteiger partial charge in [-0.25, -0.2) is 0 Å². The van der Waals surface area contributed by atoms with E-state index in [-0.39, 0.29) is 0 Å². The van der Waals surface area contributed by atoms with E-state index in [4.69, 9.17) is 9.73 Å². The lowest BCUT2D eigenvalue weighted by molar-refractivity contribution is 0.186. The fourth-order valence-electron chi connectivity index (χ4n) is 3.49. The monoisotopic (exact) mass is 360 g/mol. The van der Waals surface area contributed by atoms with Crippen LogP contribution in [0.15, 0.2) is 23.2 Å². The standard InChI is InChI=1S/C21H36N4O/c1-5-22-21(24-15-19-8-7-13-25(6-2)16-19)23-12-11-18-10-9-17(3)20(14-18)26-4/h9-10,14,19H,5-8,11-13,15-16H2,1-4H3,(H2,22,23,24). The first-order valence-electron chi connectivity index (χ1n) is 10.0. The fraction of sp³-hybridized carbons (Fsp3) is 0.667. The number of guanidine groups is 1. The zero-order valence-electron chi connectivity index (χ0n) is 17.0. The molecule has 0 radical (unpaired) electrons. The van der Waals surface area contributed by atoms with E-state index in [0.717, 1.165) is 44.3 Å². The van der Waals surface area contributed by atoms with Crippen LogP contribution in [0.25, 0.3) is 0 Å². The Morgan fingerprint density at radius 1 is 1.31 bits per heavy atom. The molecule has 1 saturated heterocycles. The molecule has 2 rings (SSSR count). The molecule has 0 spiro atoms. The van der Waals surface area contributed by atoms with Crippen LogP contribution in [0.2, 0.25) is 0 Å². The van der Waals surface area contributed by atoms with Gasteiger partial charge in [0.2, 0.25) is 0 Å². The van der Waals surface area contributed by atoms with Crippen LogP contribution in [0.5, 0.6) is 5.75 Å². The molecule has 1 aliphatic heterocycles. The molecule has 146 valence electrons. The minimum atomic E-state index is 0.681. The lowest BCUT2D eigenvalue weighted by Gasteiger charge is -2.31. The van der Waals surface area contributed by atoms with Gasteiger partial charge in [-0.05, 0) is 69.3 Å². The van der Waals surface area contributed by atoms with Gasteiger partial charge in [-0.15, -0.1) is 0 Å². The summed E-state index contributed by atoms with van der Waals surface area (Å²) in [4.78, 5) is 7.36. The van der Waals surface area contributed by atoms with Crippen LogP contribution in [0.4, 0.5) is 0 Å². The highest BCUT2D eigenvalue weighted by Crippen LogP contribution is 2.19.